The summed E-state index contributed by atoms with van der Waals surface area (Å²) in [7, 11) is 6.07. The Bertz CT molecular complexity index is 868. The van der Waals surface area contributed by atoms with Crippen molar-refractivity contribution in [2.24, 2.45) is 0 Å². The SMILES string of the molecule is CN(C)CCN(C)[C@@H]1[C@H](O)[C@H](CO)O[C@@H]1CN(Cc1ccc(Cl)cc1)Cc1cccc(Cl)c1. The molecule has 33 heavy (non-hydrogen) atoms. The molecule has 0 radical (unpaired) electrons. The van der Waals surface area contributed by atoms with Crippen LogP contribution in [0.3, 0.4) is 0 Å². The number of rotatable bonds is 11. The van der Waals surface area contributed by atoms with Gasteiger partial charge in [-0.05, 0) is 56.5 Å². The molecule has 8 heteroatoms. The summed E-state index contributed by atoms with van der Waals surface area (Å²) < 4.78 is 6.17. The van der Waals surface area contributed by atoms with Crippen molar-refractivity contribution in [1.29, 1.82) is 0 Å². The fourth-order valence-corrected chi connectivity index (χ4v) is 4.70. The van der Waals surface area contributed by atoms with Gasteiger partial charge in [-0.3, -0.25) is 9.80 Å². The molecule has 1 heterocycles. The number of aliphatic hydroxyl groups excluding tert-OH is 2. The molecular weight excluding hydrogens is 461 g/mol. The second-order valence-corrected chi connectivity index (χ2v) is 9.96. The van der Waals surface area contributed by atoms with Gasteiger partial charge < -0.3 is 19.8 Å². The molecule has 0 spiro atoms. The van der Waals surface area contributed by atoms with Crippen LogP contribution in [-0.2, 0) is 17.8 Å². The molecular formula is C25H35Cl2N3O3. The lowest BCUT2D eigenvalue weighted by Crippen LogP contribution is -2.51. The standard InChI is InChI=1S/C25H35Cl2N3O3/c1-28(2)11-12-29(3)24-22(33-23(17-31)25(24)32)16-30(14-18-7-9-20(26)10-8-18)15-19-5-4-6-21(27)13-19/h4-10,13,22-25,31-32H,11-12,14-17H2,1-3H3/t22-,23+,24+,25-/m1/s1. The zero-order chi connectivity index (χ0) is 24.0. The molecule has 1 fully saturated rings. The lowest BCUT2D eigenvalue weighted by molar-refractivity contribution is -0.0323. The quantitative estimate of drug-likeness (QED) is 0.499. The Morgan fingerprint density at radius 2 is 1.58 bits per heavy atom. The van der Waals surface area contributed by atoms with Gasteiger partial charge in [-0.2, -0.15) is 0 Å². The molecule has 2 aromatic carbocycles. The Labute approximate surface area is 207 Å². The lowest BCUT2D eigenvalue weighted by Gasteiger charge is -2.34. The van der Waals surface area contributed by atoms with Crippen LogP contribution in [-0.4, -0.2) is 96.7 Å². The summed E-state index contributed by atoms with van der Waals surface area (Å²) in [6.45, 7) is 3.42. The minimum atomic E-state index is -0.754. The number of ether oxygens (including phenoxy) is 1. The molecule has 3 rings (SSSR count). The van der Waals surface area contributed by atoms with Crippen molar-refractivity contribution in [3.8, 4) is 0 Å². The van der Waals surface area contributed by atoms with E-state index in [0.29, 0.717) is 29.7 Å². The van der Waals surface area contributed by atoms with E-state index in [2.05, 4.69) is 20.8 Å². The average Bonchev–Trinajstić information content (AvgIpc) is 3.08. The van der Waals surface area contributed by atoms with Crippen LogP contribution >= 0.6 is 23.2 Å². The fraction of sp³-hybridized carbons (Fsp3) is 0.520. The van der Waals surface area contributed by atoms with Gasteiger partial charge in [0.2, 0.25) is 0 Å². The van der Waals surface area contributed by atoms with Crippen LogP contribution in [0.2, 0.25) is 10.0 Å². The van der Waals surface area contributed by atoms with Crippen molar-refractivity contribution in [3.05, 3.63) is 69.7 Å². The maximum atomic E-state index is 10.9. The highest BCUT2D eigenvalue weighted by Gasteiger charge is 2.45. The third-order valence-corrected chi connectivity index (χ3v) is 6.59. The Hall–Kier alpha value is -1.22. The molecule has 0 aliphatic carbocycles. The molecule has 0 saturated carbocycles. The van der Waals surface area contributed by atoms with E-state index in [4.69, 9.17) is 27.9 Å². The minimum Gasteiger partial charge on any atom is -0.394 e. The van der Waals surface area contributed by atoms with E-state index in [9.17, 15) is 10.2 Å². The van der Waals surface area contributed by atoms with Crippen molar-refractivity contribution < 1.29 is 14.9 Å². The molecule has 0 unspecified atom stereocenters. The van der Waals surface area contributed by atoms with Crippen molar-refractivity contribution in [2.75, 3.05) is 47.4 Å². The van der Waals surface area contributed by atoms with Crippen LogP contribution in [0, 0.1) is 0 Å². The van der Waals surface area contributed by atoms with E-state index in [-0.39, 0.29) is 18.8 Å². The van der Waals surface area contributed by atoms with Gasteiger partial charge in [0.15, 0.2) is 0 Å². The van der Waals surface area contributed by atoms with Gasteiger partial charge in [0.25, 0.3) is 0 Å². The van der Waals surface area contributed by atoms with Gasteiger partial charge in [-0.1, -0.05) is 47.5 Å². The molecule has 1 saturated heterocycles. The smallest absolute Gasteiger partial charge is 0.109 e. The Morgan fingerprint density at radius 3 is 2.21 bits per heavy atom. The van der Waals surface area contributed by atoms with Crippen LogP contribution in [0.1, 0.15) is 11.1 Å². The predicted octanol–water partition coefficient (Wildman–Crippen LogP) is 2.98. The maximum absolute atomic E-state index is 10.9. The van der Waals surface area contributed by atoms with Crippen LogP contribution in [0.25, 0.3) is 0 Å². The molecule has 1 aliphatic rings. The molecule has 2 aromatic rings. The van der Waals surface area contributed by atoms with E-state index in [1.54, 1.807) is 0 Å². The van der Waals surface area contributed by atoms with Crippen molar-refractivity contribution in [3.63, 3.8) is 0 Å². The topological polar surface area (TPSA) is 59.4 Å². The lowest BCUT2D eigenvalue weighted by atomic mass is 10.0. The summed E-state index contributed by atoms with van der Waals surface area (Å²) in [6, 6.07) is 15.5. The monoisotopic (exact) mass is 495 g/mol. The third kappa shape index (κ3) is 7.64. The number of likely N-dealkylation sites (N-methyl/N-ethyl adjacent to an activating group) is 2. The molecule has 0 amide bonds. The largest absolute Gasteiger partial charge is 0.394 e. The summed E-state index contributed by atoms with van der Waals surface area (Å²) in [6.07, 6.45) is -1.60. The first kappa shape index (κ1) is 26.4. The van der Waals surface area contributed by atoms with Crippen molar-refractivity contribution in [2.45, 2.75) is 37.4 Å². The summed E-state index contributed by atoms with van der Waals surface area (Å²) in [4.78, 5) is 6.55. The Kier molecular flexibility index (Phi) is 9.97. The molecule has 1 aliphatic heterocycles. The van der Waals surface area contributed by atoms with E-state index in [1.165, 1.54) is 0 Å². The number of aliphatic hydroxyl groups is 2. The van der Waals surface area contributed by atoms with Gasteiger partial charge >= 0.3 is 0 Å². The molecule has 0 bridgehead atoms. The molecule has 6 nitrogen and oxygen atoms in total. The van der Waals surface area contributed by atoms with Gasteiger partial charge in [0.05, 0.1) is 18.8 Å². The fourth-order valence-electron chi connectivity index (χ4n) is 4.36. The van der Waals surface area contributed by atoms with Gasteiger partial charge in [-0.25, -0.2) is 0 Å². The van der Waals surface area contributed by atoms with Crippen LogP contribution < -0.4 is 0 Å². The summed E-state index contributed by atoms with van der Waals surface area (Å²) >= 11 is 12.3. The van der Waals surface area contributed by atoms with Crippen LogP contribution in [0.5, 0.6) is 0 Å². The zero-order valence-corrected chi connectivity index (χ0v) is 21.1. The average molecular weight is 496 g/mol. The molecule has 182 valence electrons. The number of nitrogens with zero attached hydrogens (tertiary/aromatic N) is 3. The minimum absolute atomic E-state index is 0.207. The number of hydrogen-bond acceptors (Lipinski definition) is 6. The van der Waals surface area contributed by atoms with Crippen molar-refractivity contribution in [1.82, 2.24) is 14.7 Å². The molecule has 2 N–H and O–H groups in total. The highest BCUT2D eigenvalue weighted by molar-refractivity contribution is 6.30. The number of benzene rings is 2. The first-order chi connectivity index (χ1) is 15.8. The van der Waals surface area contributed by atoms with Crippen LogP contribution in [0.4, 0.5) is 0 Å². The summed E-state index contributed by atoms with van der Waals surface area (Å²) in [5.41, 5.74) is 2.24. The first-order valence-electron chi connectivity index (χ1n) is 11.3. The van der Waals surface area contributed by atoms with E-state index < -0.39 is 12.2 Å². The highest BCUT2D eigenvalue weighted by Crippen LogP contribution is 2.27. The van der Waals surface area contributed by atoms with Gasteiger partial charge in [0, 0.05) is 42.8 Å². The number of hydrogen-bond donors (Lipinski definition) is 2. The second-order valence-electron chi connectivity index (χ2n) is 9.09. The Morgan fingerprint density at radius 1 is 0.879 bits per heavy atom. The molecule has 4 atom stereocenters. The van der Waals surface area contributed by atoms with E-state index >= 15 is 0 Å². The van der Waals surface area contributed by atoms with Crippen molar-refractivity contribution >= 4 is 23.2 Å². The maximum Gasteiger partial charge on any atom is 0.109 e. The van der Waals surface area contributed by atoms with E-state index in [1.807, 2.05) is 63.6 Å². The third-order valence-electron chi connectivity index (χ3n) is 6.10. The highest BCUT2D eigenvalue weighted by atomic mass is 35.5. The summed E-state index contributed by atoms with van der Waals surface area (Å²) in [5.74, 6) is 0. The predicted molar refractivity (Wildman–Crippen MR) is 134 cm³/mol. The second kappa shape index (κ2) is 12.5. The number of halogens is 2. The zero-order valence-electron chi connectivity index (χ0n) is 19.6. The molecule has 0 aromatic heterocycles. The first-order valence-corrected chi connectivity index (χ1v) is 12.0. The van der Waals surface area contributed by atoms with Gasteiger partial charge in [0.1, 0.15) is 12.2 Å². The van der Waals surface area contributed by atoms with E-state index in [0.717, 1.165) is 24.2 Å². The van der Waals surface area contributed by atoms with Gasteiger partial charge in [-0.15, -0.1) is 0 Å². The summed E-state index contributed by atoms with van der Waals surface area (Å²) in [5, 5.41) is 22.1. The van der Waals surface area contributed by atoms with Crippen LogP contribution in [0.15, 0.2) is 48.5 Å². The Balaban J connectivity index is 1.80. The normalized spacial score (nSPS) is 23.2.